The van der Waals surface area contributed by atoms with E-state index in [0.29, 0.717) is 5.82 Å². The minimum Gasteiger partial charge on any atom is -0.394 e. The van der Waals surface area contributed by atoms with Crippen LogP contribution in [0.3, 0.4) is 0 Å². The van der Waals surface area contributed by atoms with Crippen LogP contribution in [0.4, 0.5) is 0 Å². The average Bonchev–Trinajstić information content (AvgIpc) is 2.65. The monoisotopic (exact) mass is 249 g/mol. The van der Waals surface area contributed by atoms with Gasteiger partial charge in [-0.15, -0.1) is 0 Å². The summed E-state index contributed by atoms with van der Waals surface area (Å²) in [7, 11) is -3.54. The summed E-state index contributed by atoms with van der Waals surface area (Å²) in [5, 5.41) is 8.46. The third-order valence-corrected chi connectivity index (χ3v) is 3.11. The van der Waals surface area contributed by atoms with Gasteiger partial charge in [-0.3, -0.25) is 0 Å². The largest absolute Gasteiger partial charge is 0.394 e. The summed E-state index contributed by atoms with van der Waals surface area (Å²) < 4.78 is 30.4. The molecule has 8 heteroatoms. The van der Waals surface area contributed by atoms with Crippen molar-refractivity contribution in [2.24, 2.45) is 0 Å². The van der Waals surface area contributed by atoms with E-state index in [1.165, 1.54) is 6.20 Å². The average molecular weight is 249 g/mol. The van der Waals surface area contributed by atoms with Gasteiger partial charge < -0.3 is 14.8 Å². The first kappa shape index (κ1) is 13.1. The first-order valence-electron chi connectivity index (χ1n) is 4.76. The molecule has 0 fully saturated rings. The Morgan fingerprint density at radius 3 is 2.88 bits per heavy atom. The van der Waals surface area contributed by atoms with Crippen molar-refractivity contribution in [1.82, 2.24) is 14.7 Å². The Labute approximate surface area is 93.9 Å². The van der Waals surface area contributed by atoms with E-state index in [1.807, 2.05) is 0 Å². The number of imidazole rings is 1. The Bertz CT molecular complexity index is 415. The quantitative estimate of drug-likeness (QED) is 0.538. The molecule has 1 heterocycles. The Balaban J connectivity index is 2.41. The number of aromatic nitrogens is 2. The van der Waals surface area contributed by atoms with Gasteiger partial charge in [0.15, 0.2) is 5.03 Å². The summed E-state index contributed by atoms with van der Waals surface area (Å²) >= 11 is 0. The lowest BCUT2D eigenvalue weighted by atomic mass is 10.7. The van der Waals surface area contributed by atoms with Crippen molar-refractivity contribution in [2.45, 2.75) is 11.9 Å². The van der Waals surface area contributed by atoms with Crippen molar-refractivity contribution in [1.29, 1.82) is 0 Å². The summed E-state index contributed by atoms with van der Waals surface area (Å²) in [6.07, 6.45) is 1.26. The highest BCUT2D eigenvalue weighted by Crippen LogP contribution is 2.03. The Morgan fingerprint density at radius 2 is 2.31 bits per heavy atom. The Hall–Kier alpha value is -0.960. The topological polar surface area (TPSA) is 104 Å². The Kier molecular flexibility index (Phi) is 4.87. The van der Waals surface area contributed by atoms with Gasteiger partial charge in [0.1, 0.15) is 5.82 Å². The molecular formula is C8H15N3O4S. The van der Waals surface area contributed by atoms with Crippen molar-refractivity contribution in [3.8, 4) is 0 Å². The van der Waals surface area contributed by atoms with Crippen molar-refractivity contribution in [3.05, 3.63) is 12.0 Å². The van der Waals surface area contributed by atoms with Gasteiger partial charge in [0.05, 0.1) is 26.0 Å². The van der Waals surface area contributed by atoms with Gasteiger partial charge in [-0.25, -0.2) is 18.1 Å². The van der Waals surface area contributed by atoms with Gasteiger partial charge in [0.2, 0.25) is 0 Å². The fourth-order valence-corrected chi connectivity index (χ4v) is 2.01. The summed E-state index contributed by atoms with van der Waals surface area (Å²) in [5.41, 5.74) is 0. The van der Waals surface area contributed by atoms with Crippen molar-refractivity contribution in [2.75, 3.05) is 26.4 Å². The molecule has 16 heavy (non-hydrogen) atoms. The standard InChI is InChI=1S/C8H15N3O4S/c1-7-9-6-8(11-7)16(13,14)10-2-4-15-5-3-12/h6,10,12H,2-5H2,1H3,(H,9,11). The molecule has 0 saturated heterocycles. The van der Waals surface area contributed by atoms with Crippen LogP contribution in [0.25, 0.3) is 0 Å². The van der Waals surface area contributed by atoms with Gasteiger partial charge in [-0.1, -0.05) is 0 Å². The molecule has 7 nitrogen and oxygen atoms in total. The predicted octanol–water partition coefficient (Wildman–Crippen LogP) is -0.995. The van der Waals surface area contributed by atoms with E-state index in [2.05, 4.69) is 14.7 Å². The number of aliphatic hydroxyl groups is 1. The Morgan fingerprint density at radius 1 is 1.56 bits per heavy atom. The second-order valence-electron chi connectivity index (χ2n) is 3.07. The molecule has 0 atom stereocenters. The molecule has 0 spiro atoms. The van der Waals surface area contributed by atoms with Gasteiger partial charge in [-0.2, -0.15) is 0 Å². The summed E-state index contributed by atoms with van der Waals surface area (Å²) in [6.45, 7) is 2.16. The predicted molar refractivity (Wildman–Crippen MR) is 56.4 cm³/mol. The number of sulfonamides is 1. The number of rotatable bonds is 7. The van der Waals surface area contributed by atoms with Crippen molar-refractivity contribution >= 4 is 10.0 Å². The summed E-state index contributed by atoms with van der Waals surface area (Å²) in [5.74, 6) is 0.539. The molecule has 0 aromatic carbocycles. The summed E-state index contributed by atoms with van der Waals surface area (Å²) in [6, 6.07) is 0. The molecule has 0 aliphatic carbocycles. The number of aliphatic hydroxyl groups excluding tert-OH is 1. The summed E-state index contributed by atoms with van der Waals surface area (Å²) in [4.78, 5) is 6.43. The molecule has 0 saturated carbocycles. The molecule has 3 N–H and O–H groups in total. The highest BCUT2D eigenvalue weighted by atomic mass is 32.2. The first-order chi connectivity index (χ1) is 7.56. The van der Waals surface area contributed by atoms with Crippen molar-refractivity contribution < 1.29 is 18.3 Å². The zero-order valence-electron chi connectivity index (χ0n) is 8.93. The van der Waals surface area contributed by atoms with Crippen LogP contribution in [0.2, 0.25) is 0 Å². The van der Waals surface area contributed by atoms with Crippen LogP contribution in [0.1, 0.15) is 5.82 Å². The second kappa shape index (κ2) is 5.94. The normalized spacial score (nSPS) is 11.9. The molecule has 1 aromatic heterocycles. The van der Waals surface area contributed by atoms with E-state index < -0.39 is 10.0 Å². The molecule has 0 amide bonds. The lowest BCUT2D eigenvalue weighted by molar-refractivity contribution is 0.0961. The molecule has 92 valence electrons. The van der Waals surface area contributed by atoms with Crippen LogP contribution >= 0.6 is 0 Å². The van der Waals surface area contributed by atoms with E-state index in [9.17, 15) is 8.42 Å². The highest BCUT2D eigenvalue weighted by Gasteiger charge is 2.15. The number of ether oxygens (including phenoxy) is 1. The SMILES string of the molecule is Cc1ncc(S(=O)(=O)NCCOCCO)[nH]1. The van der Waals surface area contributed by atoms with Gasteiger partial charge in [-0.05, 0) is 6.92 Å². The molecule has 1 aromatic rings. The van der Waals surface area contributed by atoms with E-state index >= 15 is 0 Å². The van der Waals surface area contributed by atoms with E-state index in [1.54, 1.807) is 6.92 Å². The minimum absolute atomic E-state index is 0.0344. The minimum atomic E-state index is -3.54. The smallest absolute Gasteiger partial charge is 0.257 e. The number of aryl methyl sites for hydroxylation is 1. The maximum absolute atomic E-state index is 11.6. The maximum atomic E-state index is 11.6. The zero-order chi connectivity index (χ0) is 12.0. The maximum Gasteiger partial charge on any atom is 0.257 e. The molecule has 0 bridgehead atoms. The molecule has 1 rings (SSSR count). The van der Waals surface area contributed by atoms with Crippen LogP contribution in [-0.4, -0.2) is 49.9 Å². The van der Waals surface area contributed by atoms with Crippen LogP contribution in [0, 0.1) is 6.92 Å². The number of nitrogens with zero attached hydrogens (tertiary/aromatic N) is 1. The van der Waals surface area contributed by atoms with Gasteiger partial charge in [0, 0.05) is 6.54 Å². The molecule has 0 radical (unpaired) electrons. The van der Waals surface area contributed by atoms with Crippen molar-refractivity contribution in [3.63, 3.8) is 0 Å². The lowest BCUT2D eigenvalue weighted by Gasteiger charge is -2.04. The van der Waals surface area contributed by atoms with E-state index in [4.69, 9.17) is 9.84 Å². The first-order valence-corrected chi connectivity index (χ1v) is 6.24. The van der Waals surface area contributed by atoms with E-state index in [-0.39, 0.29) is 31.4 Å². The van der Waals surface area contributed by atoms with Crippen LogP contribution < -0.4 is 4.72 Å². The van der Waals surface area contributed by atoms with Gasteiger partial charge >= 0.3 is 0 Å². The number of nitrogens with one attached hydrogen (secondary N) is 2. The molecule has 0 aliphatic heterocycles. The fourth-order valence-electron chi connectivity index (χ4n) is 1.03. The van der Waals surface area contributed by atoms with E-state index in [0.717, 1.165) is 0 Å². The molecular weight excluding hydrogens is 234 g/mol. The highest BCUT2D eigenvalue weighted by molar-refractivity contribution is 7.89. The zero-order valence-corrected chi connectivity index (χ0v) is 9.75. The lowest BCUT2D eigenvalue weighted by Crippen LogP contribution is -2.28. The fraction of sp³-hybridized carbons (Fsp3) is 0.625. The van der Waals surface area contributed by atoms with Crippen LogP contribution in [0.15, 0.2) is 11.2 Å². The number of hydrogen-bond acceptors (Lipinski definition) is 5. The van der Waals surface area contributed by atoms with Gasteiger partial charge in [0.25, 0.3) is 10.0 Å². The number of H-pyrrole nitrogens is 1. The molecule has 0 aliphatic rings. The number of hydrogen-bond donors (Lipinski definition) is 3. The third kappa shape index (κ3) is 3.89. The molecule has 0 unspecified atom stereocenters. The van der Waals surface area contributed by atoms with Crippen LogP contribution in [0.5, 0.6) is 0 Å². The second-order valence-corrected chi connectivity index (χ2v) is 4.80. The number of aromatic amines is 1. The van der Waals surface area contributed by atoms with Crippen LogP contribution in [-0.2, 0) is 14.8 Å². The third-order valence-electron chi connectivity index (χ3n) is 1.74.